The van der Waals surface area contributed by atoms with Gasteiger partial charge in [0.2, 0.25) is 0 Å². The molecule has 4 rings (SSSR count). The van der Waals surface area contributed by atoms with E-state index >= 15 is 0 Å². The number of halogens is 2. The lowest BCUT2D eigenvalue weighted by Gasteiger charge is -2.17. The number of aromatic amines is 1. The topological polar surface area (TPSA) is 118 Å². The van der Waals surface area contributed by atoms with E-state index in [1.807, 2.05) is 25.1 Å². The predicted molar refractivity (Wildman–Crippen MR) is 125 cm³/mol. The van der Waals surface area contributed by atoms with E-state index in [1.54, 1.807) is 18.2 Å². The van der Waals surface area contributed by atoms with E-state index in [1.165, 1.54) is 24.7 Å². The Kier molecular flexibility index (Phi) is 6.14. The van der Waals surface area contributed by atoms with Crippen molar-refractivity contribution >= 4 is 56.0 Å². The molecule has 0 saturated carbocycles. The highest BCUT2D eigenvalue weighted by Gasteiger charge is 2.16. The second-order valence-electron chi connectivity index (χ2n) is 7.07. The molecule has 0 spiro atoms. The van der Waals surface area contributed by atoms with Crippen LogP contribution in [0.3, 0.4) is 0 Å². The summed E-state index contributed by atoms with van der Waals surface area (Å²) in [5, 5.41) is 17.1. The van der Waals surface area contributed by atoms with Crippen molar-refractivity contribution in [1.82, 2.24) is 25.4 Å². The van der Waals surface area contributed by atoms with Crippen molar-refractivity contribution in [2.75, 3.05) is 6.26 Å². The zero-order chi connectivity index (χ0) is 22.9. The molecular weight excluding hydrogens is 471 g/mol. The summed E-state index contributed by atoms with van der Waals surface area (Å²) in [4.78, 5) is 3.97. The molecule has 2 unspecified atom stereocenters. The van der Waals surface area contributed by atoms with Gasteiger partial charge in [0.25, 0.3) is 0 Å². The van der Waals surface area contributed by atoms with Gasteiger partial charge in [-0.05, 0) is 49.4 Å². The van der Waals surface area contributed by atoms with E-state index in [9.17, 15) is 4.21 Å². The third kappa shape index (κ3) is 4.74. The summed E-state index contributed by atoms with van der Waals surface area (Å²) >= 11 is 12.5. The first-order valence-corrected chi connectivity index (χ1v) is 12.1. The smallest absolute Gasteiger partial charge is 0.157 e. The average Bonchev–Trinajstić information content (AvgIpc) is 3.14. The van der Waals surface area contributed by atoms with Crippen LogP contribution in [0.5, 0.6) is 5.75 Å². The normalized spacial score (nSPS) is 14.5. The van der Waals surface area contributed by atoms with Crippen molar-refractivity contribution < 1.29 is 8.95 Å². The molecule has 2 N–H and O–H groups in total. The molecule has 3 heterocycles. The van der Waals surface area contributed by atoms with Crippen molar-refractivity contribution in [1.29, 1.82) is 4.78 Å². The van der Waals surface area contributed by atoms with Crippen LogP contribution in [-0.4, -0.2) is 35.8 Å². The number of fused-ring (bicyclic) bond motifs is 1. The van der Waals surface area contributed by atoms with Crippen molar-refractivity contribution in [2.45, 2.75) is 18.1 Å². The van der Waals surface area contributed by atoms with Crippen LogP contribution in [-0.2, 0) is 9.73 Å². The Morgan fingerprint density at radius 1 is 1.12 bits per heavy atom. The van der Waals surface area contributed by atoms with E-state index in [0.29, 0.717) is 32.7 Å². The maximum Gasteiger partial charge on any atom is 0.157 e. The largest absolute Gasteiger partial charge is 0.486 e. The van der Waals surface area contributed by atoms with Crippen LogP contribution in [0.2, 0.25) is 10.0 Å². The minimum absolute atomic E-state index is 0.144. The Morgan fingerprint density at radius 3 is 2.53 bits per heavy atom. The van der Waals surface area contributed by atoms with Gasteiger partial charge in [0.15, 0.2) is 5.03 Å². The summed E-state index contributed by atoms with van der Waals surface area (Å²) in [6.45, 7) is 1.86. The van der Waals surface area contributed by atoms with Gasteiger partial charge in [-0.3, -0.25) is 10.1 Å². The maximum atomic E-state index is 11.7. The minimum Gasteiger partial charge on any atom is -0.486 e. The van der Waals surface area contributed by atoms with Gasteiger partial charge >= 0.3 is 0 Å². The lowest BCUT2D eigenvalue weighted by Crippen LogP contribution is -2.05. The quantitative estimate of drug-likeness (QED) is 0.375. The fourth-order valence-corrected chi connectivity index (χ4v) is 4.27. The Bertz CT molecular complexity index is 1400. The number of H-pyrrole nitrogens is 1. The summed E-state index contributed by atoms with van der Waals surface area (Å²) in [7, 11) is -2.90. The molecule has 1 aromatic carbocycles. The van der Waals surface area contributed by atoms with Crippen LogP contribution < -0.4 is 4.74 Å². The number of hydrogen-bond acceptors (Lipinski definition) is 7. The molecule has 0 amide bonds. The number of pyridine rings is 1. The van der Waals surface area contributed by atoms with Crippen molar-refractivity contribution in [3.8, 4) is 5.75 Å². The number of benzene rings is 1. The van der Waals surface area contributed by atoms with Gasteiger partial charge in [0.1, 0.15) is 11.9 Å². The highest BCUT2D eigenvalue weighted by Crippen LogP contribution is 2.33. The SMILES string of the molecule is CC(Oc1ccc2[nH]nc(/C=C/c3ccc(S(C)(=N)=O)nn3)c2c1)c1c(Cl)cncc1Cl. The number of nitrogens with one attached hydrogen (secondary N) is 2. The molecule has 2 atom stereocenters. The lowest BCUT2D eigenvalue weighted by atomic mass is 10.1. The summed E-state index contributed by atoms with van der Waals surface area (Å²) in [5.74, 6) is 0.627. The third-order valence-corrected chi connectivity index (χ3v) is 6.26. The molecule has 8 nitrogen and oxygen atoms in total. The Labute approximate surface area is 194 Å². The molecule has 0 aliphatic carbocycles. The number of ether oxygens (including phenoxy) is 1. The molecule has 32 heavy (non-hydrogen) atoms. The van der Waals surface area contributed by atoms with E-state index in [0.717, 1.165) is 10.9 Å². The summed E-state index contributed by atoms with van der Waals surface area (Å²) in [6.07, 6.45) is 7.50. The molecule has 11 heteroatoms. The van der Waals surface area contributed by atoms with Gasteiger partial charge in [0, 0.05) is 29.6 Å². The monoisotopic (exact) mass is 488 g/mol. The molecule has 164 valence electrons. The first-order valence-electron chi connectivity index (χ1n) is 9.41. The molecule has 0 saturated heterocycles. The molecule has 0 radical (unpaired) electrons. The average molecular weight is 489 g/mol. The number of nitrogens with zero attached hydrogens (tertiary/aromatic N) is 4. The Hall–Kier alpha value is -3.01. The molecular formula is C21H18Cl2N6O2S. The van der Waals surface area contributed by atoms with Gasteiger partial charge in [-0.15, -0.1) is 10.2 Å². The van der Waals surface area contributed by atoms with Gasteiger partial charge in [-0.2, -0.15) is 5.10 Å². The summed E-state index contributed by atoms with van der Waals surface area (Å²) in [5.41, 5.74) is 2.74. The van der Waals surface area contributed by atoms with Crippen molar-refractivity contribution in [3.63, 3.8) is 0 Å². The number of rotatable bonds is 6. The van der Waals surface area contributed by atoms with Gasteiger partial charge < -0.3 is 4.74 Å². The van der Waals surface area contributed by atoms with Crippen LogP contribution in [0.1, 0.15) is 30.0 Å². The standard InChI is InChI=1S/C21H18Cl2N6O2S/c1-12(21-16(22)10-25-11-17(21)23)31-14-5-7-19-15(9-14)18(27-28-19)6-3-13-4-8-20(29-26-13)32(2,24)30/h3-12,24H,1-2H3,(H,27,28)/b6-3+. The molecule has 4 aromatic rings. The highest BCUT2D eigenvalue weighted by molar-refractivity contribution is 7.91. The van der Waals surface area contributed by atoms with Crippen LogP contribution in [0, 0.1) is 4.78 Å². The molecule has 0 aliphatic heterocycles. The fraction of sp³-hybridized carbons (Fsp3) is 0.143. The number of aromatic nitrogens is 5. The van der Waals surface area contributed by atoms with E-state index < -0.39 is 9.73 Å². The highest BCUT2D eigenvalue weighted by atomic mass is 35.5. The van der Waals surface area contributed by atoms with Crippen LogP contribution in [0.25, 0.3) is 23.1 Å². The summed E-state index contributed by atoms with van der Waals surface area (Å²) in [6, 6.07) is 8.77. The van der Waals surface area contributed by atoms with Gasteiger partial charge in [-0.25, -0.2) is 8.99 Å². The Balaban J connectivity index is 1.58. The van der Waals surface area contributed by atoms with Crippen molar-refractivity contribution in [2.24, 2.45) is 0 Å². The van der Waals surface area contributed by atoms with Crippen molar-refractivity contribution in [3.05, 3.63) is 69.7 Å². The maximum absolute atomic E-state index is 11.7. The lowest BCUT2D eigenvalue weighted by molar-refractivity contribution is 0.227. The number of hydrogen-bond donors (Lipinski definition) is 2. The zero-order valence-electron chi connectivity index (χ0n) is 17.0. The second-order valence-corrected chi connectivity index (χ2v) is 9.99. The van der Waals surface area contributed by atoms with Gasteiger partial charge in [0.05, 0.1) is 36.7 Å². The minimum atomic E-state index is -2.90. The van der Waals surface area contributed by atoms with Crippen LogP contribution >= 0.6 is 23.2 Å². The molecule has 0 aliphatic rings. The van der Waals surface area contributed by atoms with E-state index in [-0.39, 0.29) is 11.1 Å². The summed E-state index contributed by atoms with van der Waals surface area (Å²) < 4.78 is 25.4. The molecule has 0 fully saturated rings. The fourth-order valence-electron chi connectivity index (χ4n) is 3.08. The van der Waals surface area contributed by atoms with Crippen LogP contribution in [0.15, 0.2) is 47.8 Å². The Morgan fingerprint density at radius 2 is 1.88 bits per heavy atom. The van der Waals surface area contributed by atoms with E-state index in [2.05, 4.69) is 25.4 Å². The molecule has 3 aromatic heterocycles. The zero-order valence-corrected chi connectivity index (χ0v) is 19.4. The third-order valence-electron chi connectivity index (χ3n) is 4.65. The molecule has 0 bridgehead atoms. The van der Waals surface area contributed by atoms with Gasteiger partial charge in [-0.1, -0.05) is 23.2 Å². The first kappa shape index (κ1) is 22.2. The predicted octanol–water partition coefficient (Wildman–Crippen LogP) is 5.40. The second kappa shape index (κ2) is 8.85. The first-order chi connectivity index (χ1) is 15.2. The van der Waals surface area contributed by atoms with Crippen LogP contribution in [0.4, 0.5) is 0 Å². The van der Waals surface area contributed by atoms with E-state index in [4.69, 9.17) is 32.7 Å².